The van der Waals surface area contributed by atoms with Gasteiger partial charge in [0.25, 0.3) is 15.7 Å². The zero-order chi connectivity index (χ0) is 10.9. The van der Waals surface area contributed by atoms with Crippen molar-refractivity contribution in [1.82, 2.24) is 10.2 Å². The van der Waals surface area contributed by atoms with Gasteiger partial charge in [-0.1, -0.05) is 11.6 Å². The first kappa shape index (κ1) is 11.2. The first-order valence-electron chi connectivity index (χ1n) is 3.21. The van der Waals surface area contributed by atoms with Crippen LogP contribution in [0.4, 0.5) is 8.78 Å². The first-order chi connectivity index (χ1) is 6.41. The summed E-state index contributed by atoms with van der Waals surface area (Å²) in [4.78, 5) is 0. The Morgan fingerprint density at radius 2 is 2.14 bits per heavy atom. The summed E-state index contributed by atoms with van der Waals surface area (Å²) in [6.07, 6.45) is 0. The van der Waals surface area contributed by atoms with Gasteiger partial charge in [0.1, 0.15) is 5.02 Å². The third-order valence-corrected chi connectivity index (χ3v) is 3.15. The summed E-state index contributed by atoms with van der Waals surface area (Å²) in [7, 11) is -3.58. The molecule has 1 rings (SSSR count). The van der Waals surface area contributed by atoms with E-state index < -0.39 is 25.6 Å². The molecule has 0 atom stereocenters. The van der Waals surface area contributed by atoms with E-state index in [2.05, 4.69) is 9.84 Å². The van der Waals surface area contributed by atoms with Crippen molar-refractivity contribution in [2.24, 2.45) is 0 Å². The number of methoxy groups -OCH3 is 1. The number of aromatic amines is 1. The van der Waals surface area contributed by atoms with Gasteiger partial charge in [0.15, 0.2) is 5.03 Å². The number of alkyl halides is 2. The second-order valence-corrected chi connectivity index (χ2v) is 4.41. The number of ether oxygens (including phenoxy) is 1. The molecular formula is C5H5ClF2N2O3S. The molecule has 1 N–H and O–H groups in total. The van der Waals surface area contributed by atoms with Gasteiger partial charge in [-0.2, -0.15) is 8.78 Å². The molecule has 0 aliphatic heterocycles. The first-order valence-corrected chi connectivity index (χ1v) is 5.13. The molecule has 5 nitrogen and oxygen atoms in total. The summed E-state index contributed by atoms with van der Waals surface area (Å²) < 4.78 is 50.5. The molecule has 80 valence electrons. The lowest BCUT2D eigenvalue weighted by Crippen LogP contribution is -2.12. The molecule has 14 heavy (non-hydrogen) atoms. The van der Waals surface area contributed by atoms with Crippen molar-refractivity contribution in [2.45, 2.75) is 10.8 Å². The fraction of sp³-hybridized carbons (Fsp3) is 0.400. The SMILES string of the molecule is COc1n[nH]c(S(=O)(=O)C(F)F)c1Cl. The van der Waals surface area contributed by atoms with Gasteiger partial charge in [-0.15, -0.1) is 5.10 Å². The van der Waals surface area contributed by atoms with Crippen LogP contribution in [0.25, 0.3) is 0 Å². The summed E-state index contributed by atoms with van der Waals surface area (Å²) in [5.41, 5.74) is 0. The molecule has 0 aliphatic carbocycles. The third-order valence-electron chi connectivity index (χ3n) is 1.36. The highest BCUT2D eigenvalue weighted by molar-refractivity contribution is 7.91. The van der Waals surface area contributed by atoms with Crippen LogP contribution < -0.4 is 4.74 Å². The van der Waals surface area contributed by atoms with E-state index in [-0.39, 0.29) is 5.88 Å². The molecule has 1 heterocycles. The van der Waals surface area contributed by atoms with Crippen LogP contribution in [0.3, 0.4) is 0 Å². The number of H-pyrrole nitrogens is 1. The molecule has 0 aliphatic rings. The summed E-state index contributed by atoms with van der Waals surface area (Å²) in [6, 6.07) is 0. The quantitative estimate of drug-likeness (QED) is 0.866. The van der Waals surface area contributed by atoms with Gasteiger partial charge >= 0.3 is 5.76 Å². The predicted octanol–water partition coefficient (Wildman–Crippen LogP) is 1.07. The molecule has 0 saturated carbocycles. The maximum absolute atomic E-state index is 12.1. The van der Waals surface area contributed by atoms with Crippen LogP contribution in [0.5, 0.6) is 5.88 Å². The van der Waals surface area contributed by atoms with Crippen molar-refractivity contribution < 1.29 is 21.9 Å². The lowest BCUT2D eigenvalue weighted by molar-refractivity contribution is 0.234. The van der Waals surface area contributed by atoms with E-state index in [9.17, 15) is 17.2 Å². The maximum atomic E-state index is 12.1. The van der Waals surface area contributed by atoms with E-state index in [0.717, 1.165) is 0 Å². The lowest BCUT2D eigenvalue weighted by atomic mass is 10.7. The fourth-order valence-corrected chi connectivity index (χ4v) is 1.88. The van der Waals surface area contributed by atoms with Gasteiger partial charge in [0.05, 0.1) is 7.11 Å². The molecule has 0 saturated heterocycles. The number of nitrogens with zero attached hydrogens (tertiary/aromatic N) is 1. The van der Waals surface area contributed by atoms with Crippen LogP contribution in [0.2, 0.25) is 5.02 Å². The number of hydrogen-bond acceptors (Lipinski definition) is 4. The summed E-state index contributed by atoms with van der Waals surface area (Å²) in [6.45, 7) is 0. The Balaban J connectivity index is 3.28. The van der Waals surface area contributed by atoms with Crippen molar-refractivity contribution in [3.63, 3.8) is 0 Å². The highest BCUT2D eigenvalue weighted by atomic mass is 35.5. The van der Waals surface area contributed by atoms with Crippen LogP contribution in [0.1, 0.15) is 0 Å². The highest BCUT2D eigenvalue weighted by Crippen LogP contribution is 2.30. The number of aromatic nitrogens is 2. The van der Waals surface area contributed by atoms with E-state index in [1.807, 2.05) is 5.10 Å². The molecule has 0 aromatic carbocycles. The molecule has 0 spiro atoms. The maximum Gasteiger partial charge on any atom is 0.342 e. The van der Waals surface area contributed by atoms with Crippen LogP contribution in [-0.2, 0) is 9.84 Å². The van der Waals surface area contributed by atoms with E-state index in [0.29, 0.717) is 0 Å². The number of hydrogen-bond donors (Lipinski definition) is 1. The molecule has 1 aromatic heterocycles. The standard InChI is InChI=1S/C5H5ClF2N2O3S/c1-13-3-2(6)4(10-9-3)14(11,12)5(7)8/h5H,1H3,(H,9,10). The molecule has 0 bridgehead atoms. The van der Waals surface area contributed by atoms with E-state index in [4.69, 9.17) is 11.6 Å². The Morgan fingerprint density at radius 3 is 2.50 bits per heavy atom. The highest BCUT2D eigenvalue weighted by Gasteiger charge is 2.32. The molecule has 0 unspecified atom stereocenters. The molecular weight excluding hydrogens is 242 g/mol. The average molecular weight is 247 g/mol. The summed E-state index contributed by atoms with van der Waals surface area (Å²) >= 11 is 5.42. The molecule has 0 radical (unpaired) electrons. The second kappa shape index (κ2) is 3.70. The van der Waals surface area contributed by atoms with E-state index in [1.165, 1.54) is 7.11 Å². The van der Waals surface area contributed by atoms with Crippen LogP contribution >= 0.6 is 11.6 Å². The summed E-state index contributed by atoms with van der Waals surface area (Å²) in [5, 5.41) is 3.84. The number of nitrogens with one attached hydrogen (secondary N) is 1. The fourth-order valence-electron chi connectivity index (χ4n) is 0.710. The normalized spacial score (nSPS) is 12.1. The lowest BCUT2D eigenvalue weighted by Gasteiger charge is -1.99. The number of halogens is 3. The van der Waals surface area contributed by atoms with Gasteiger partial charge in [-0.05, 0) is 0 Å². The molecule has 1 aromatic rings. The zero-order valence-electron chi connectivity index (χ0n) is 6.79. The predicted molar refractivity (Wildman–Crippen MR) is 43.3 cm³/mol. The Bertz CT molecular complexity index is 430. The summed E-state index contributed by atoms with van der Waals surface area (Å²) in [5.74, 6) is -3.80. The Hall–Kier alpha value is -0.890. The minimum absolute atomic E-state index is 0.245. The van der Waals surface area contributed by atoms with E-state index >= 15 is 0 Å². The van der Waals surface area contributed by atoms with Crippen molar-refractivity contribution in [3.05, 3.63) is 5.02 Å². The van der Waals surface area contributed by atoms with Gasteiger partial charge in [-0.25, -0.2) is 8.42 Å². The Morgan fingerprint density at radius 1 is 1.57 bits per heavy atom. The minimum Gasteiger partial charge on any atom is -0.479 e. The zero-order valence-corrected chi connectivity index (χ0v) is 8.36. The second-order valence-electron chi connectivity index (χ2n) is 2.18. The van der Waals surface area contributed by atoms with Crippen LogP contribution in [0, 0.1) is 0 Å². The third kappa shape index (κ3) is 1.67. The van der Waals surface area contributed by atoms with Gasteiger partial charge in [-0.3, -0.25) is 5.10 Å². The van der Waals surface area contributed by atoms with Gasteiger partial charge in [0, 0.05) is 0 Å². The molecule has 0 fully saturated rings. The topological polar surface area (TPSA) is 72.0 Å². The largest absolute Gasteiger partial charge is 0.479 e. The number of rotatable bonds is 3. The average Bonchev–Trinajstić information content (AvgIpc) is 2.46. The van der Waals surface area contributed by atoms with Crippen molar-refractivity contribution in [1.29, 1.82) is 0 Å². The monoisotopic (exact) mass is 246 g/mol. The number of sulfone groups is 1. The van der Waals surface area contributed by atoms with Crippen LogP contribution in [-0.4, -0.2) is 31.5 Å². The van der Waals surface area contributed by atoms with Crippen molar-refractivity contribution >= 4 is 21.4 Å². The van der Waals surface area contributed by atoms with Crippen molar-refractivity contribution in [2.75, 3.05) is 7.11 Å². The van der Waals surface area contributed by atoms with Gasteiger partial charge < -0.3 is 4.74 Å². The van der Waals surface area contributed by atoms with Crippen molar-refractivity contribution in [3.8, 4) is 5.88 Å². The minimum atomic E-state index is -4.76. The smallest absolute Gasteiger partial charge is 0.342 e. The Labute approximate surface area is 82.9 Å². The van der Waals surface area contributed by atoms with E-state index in [1.54, 1.807) is 0 Å². The van der Waals surface area contributed by atoms with Crippen LogP contribution in [0.15, 0.2) is 5.03 Å². The Kier molecular flexibility index (Phi) is 2.95. The van der Waals surface area contributed by atoms with Gasteiger partial charge in [0.2, 0.25) is 0 Å². The molecule has 9 heteroatoms. The molecule has 0 amide bonds.